The van der Waals surface area contributed by atoms with E-state index in [0.717, 1.165) is 17.3 Å². The Bertz CT molecular complexity index is 1260. The number of carbonyl (C=O) groups excluding carboxylic acids is 1. The van der Waals surface area contributed by atoms with E-state index < -0.39 is 5.97 Å². The van der Waals surface area contributed by atoms with Crippen LogP contribution in [-0.2, 0) is 16.0 Å². The average molecular weight is 546 g/mol. The van der Waals surface area contributed by atoms with Gasteiger partial charge in [-0.2, -0.15) is 9.78 Å². The number of halogens is 1. The molecule has 0 fully saturated rings. The van der Waals surface area contributed by atoms with E-state index in [9.17, 15) is 9.59 Å². The molecule has 0 unspecified atom stereocenters. The number of hydrogen-bond donors (Lipinski definition) is 0. The molecule has 0 saturated carbocycles. The maximum absolute atomic E-state index is 13.3. The standard InChI is InChI=1S/C25H28BrN3O6/c1-5-7-8-22-28-19-10-9-17(26)13-18(19)25(31)29(22)27-14-16-11-20(32-3)24(21(12-16)33-4)35-15-23(30)34-6-2/h9-14H,5-8,15H2,1-4H3. The van der Waals surface area contributed by atoms with Gasteiger partial charge in [0.1, 0.15) is 5.82 Å². The predicted molar refractivity (Wildman–Crippen MR) is 137 cm³/mol. The van der Waals surface area contributed by atoms with E-state index in [2.05, 4.69) is 32.9 Å². The van der Waals surface area contributed by atoms with Gasteiger partial charge in [-0.05, 0) is 43.7 Å². The molecule has 9 nitrogen and oxygen atoms in total. The summed E-state index contributed by atoms with van der Waals surface area (Å²) in [5.74, 6) is 1.02. The Hall–Kier alpha value is -3.40. The van der Waals surface area contributed by atoms with Gasteiger partial charge in [-0.25, -0.2) is 9.78 Å². The molecule has 35 heavy (non-hydrogen) atoms. The Morgan fingerprint density at radius 2 is 1.86 bits per heavy atom. The van der Waals surface area contributed by atoms with Crippen molar-refractivity contribution in [3.8, 4) is 17.2 Å². The lowest BCUT2D eigenvalue weighted by Gasteiger charge is -2.15. The summed E-state index contributed by atoms with van der Waals surface area (Å²) in [4.78, 5) is 29.6. The Morgan fingerprint density at radius 3 is 2.49 bits per heavy atom. The Morgan fingerprint density at radius 1 is 1.14 bits per heavy atom. The van der Waals surface area contributed by atoms with Crippen LogP contribution in [0.5, 0.6) is 17.2 Å². The van der Waals surface area contributed by atoms with Crippen LogP contribution in [0.3, 0.4) is 0 Å². The first-order chi connectivity index (χ1) is 16.9. The number of carbonyl (C=O) groups is 1. The Kier molecular flexibility index (Phi) is 9.25. The van der Waals surface area contributed by atoms with Gasteiger partial charge in [0.15, 0.2) is 18.1 Å². The summed E-state index contributed by atoms with van der Waals surface area (Å²) in [7, 11) is 2.96. The van der Waals surface area contributed by atoms with E-state index >= 15 is 0 Å². The van der Waals surface area contributed by atoms with E-state index in [0.29, 0.717) is 40.2 Å². The largest absolute Gasteiger partial charge is 0.493 e. The third-order valence-electron chi connectivity index (χ3n) is 5.07. The van der Waals surface area contributed by atoms with Gasteiger partial charge in [0.25, 0.3) is 5.56 Å². The van der Waals surface area contributed by atoms with Gasteiger partial charge in [-0.1, -0.05) is 29.3 Å². The zero-order valence-corrected chi connectivity index (χ0v) is 21.8. The lowest BCUT2D eigenvalue weighted by molar-refractivity contribution is -0.145. The number of aromatic nitrogens is 2. The van der Waals surface area contributed by atoms with Crippen LogP contribution in [0.25, 0.3) is 10.9 Å². The molecule has 3 aromatic rings. The number of hydrogen-bond acceptors (Lipinski definition) is 8. The quantitative estimate of drug-likeness (QED) is 0.261. The van der Waals surface area contributed by atoms with Crippen molar-refractivity contribution in [1.29, 1.82) is 0 Å². The van der Waals surface area contributed by atoms with Gasteiger partial charge in [-0.3, -0.25) is 4.79 Å². The molecule has 2 aromatic carbocycles. The number of fused-ring (bicyclic) bond motifs is 1. The average Bonchev–Trinajstić information content (AvgIpc) is 2.86. The smallest absolute Gasteiger partial charge is 0.344 e. The summed E-state index contributed by atoms with van der Waals surface area (Å²) in [6.07, 6.45) is 3.97. The Balaban J connectivity index is 2.02. The van der Waals surface area contributed by atoms with Crippen LogP contribution in [-0.4, -0.2) is 49.3 Å². The molecule has 10 heteroatoms. The lowest BCUT2D eigenvalue weighted by Crippen LogP contribution is -2.22. The third kappa shape index (κ3) is 6.39. The second-order valence-corrected chi connectivity index (χ2v) is 8.42. The fourth-order valence-corrected chi connectivity index (χ4v) is 3.75. The minimum atomic E-state index is -0.503. The van der Waals surface area contributed by atoms with E-state index in [1.807, 2.05) is 12.1 Å². The molecular formula is C25H28BrN3O6. The van der Waals surface area contributed by atoms with Gasteiger partial charge in [-0.15, -0.1) is 0 Å². The Labute approximate surface area is 211 Å². The lowest BCUT2D eigenvalue weighted by atomic mass is 10.2. The van der Waals surface area contributed by atoms with Gasteiger partial charge in [0, 0.05) is 16.5 Å². The number of aryl methyl sites for hydroxylation is 1. The van der Waals surface area contributed by atoms with Crippen LogP contribution in [0.2, 0.25) is 0 Å². The van der Waals surface area contributed by atoms with Crippen molar-refractivity contribution in [2.24, 2.45) is 5.10 Å². The van der Waals surface area contributed by atoms with Gasteiger partial charge in [0.05, 0.1) is 37.9 Å². The fraction of sp³-hybridized carbons (Fsp3) is 0.360. The van der Waals surface area contributed by atoms with Crippen LogP contribution in [0, 0.1) is 0 Å². The minimum absolute atomic E-state index is 0.256. The number of benzene rings is 2. The van der Waals surface area contributed by atoms with E-state index in [-0.39, 0.29) is 24.5 Å². The summed E-state index contributed by atoms with van der Waals surface area (Å²) in [6.45, 7) is 3.76. The van der Waals surface area contributed by atoms with Crippen LogP contribution in [0.15, 0.2) is 44.7 Å². The number of rotatable bonds is 11. The molecule has 0 aliphatic carbocycles. The molecule has 186 valence electrons. The number of nitrogens with zero attached hydrogens (tertiary/aromatic N) is 3. The molecule has 0 saturated heterocycles. The van der Waals surface area contributed by atoms with Crippen LogP contribution < -0.4 is 19.8 Å². The molecule has 0 amide bonds. The number of methoxy groups -OCH3 is 2. The highest BCUT2D eigenvalue weighted by molar-refractivity contribution is 9.10. The molecular weight excluding hydrogens is 518 g/mol. The van der Waals surface area contributed by atoms with Crippen molar-refractivity contribution >= 4 is 39.0 Å². The summed E-state index contributed by atoms with van der Waals surface area (Å²) in [6, 6.07) is 8.76. The molecule has 0 atom stereocenters. The van der Waals surface area contributed by atoms with Gasteiger partial charge < -0.3 is 18.9 Å². The topological polar surface area (TPSA) is 101 Å². The highest BCUT2D eigenvalue weighted by Gasteiger charge is 2.16. The number of esters is 1. The highest BCUT2D eigenvalue weighted by atomic mass is 79.9. The molecule has 0 radical (unpaired) electrons. The monoisotopic (exact) mass is 545 g/mol. The highest BCUT2D eigenvalue weighted by Crippen LogP contribution is 2.38. The molecule has 0 bridgehead atoms. The molecule has 3 rings (SSSR count). The SMILES string of the molecule is CCCCc1nc2ccc(Br)cc2c(=O)n1N=Cc1cc(OC)c(OCC(=O)OCC)c(OC)c1. The van der Waals surface area contributed by atoms with Crippen molar-refractivity contribution in [3.05, 3.63) is 56.5 Å². The number of unbranched alkanes of at least 4 members (excludes halogenated alkanes) is 1. The van der Waals surface area contributed by atoms with Crippen molar-refractivity contribution < 1.29 is 23.7 Å². The van der Waals surface area contributed by atoms with E-state index in [1.54, 1.807) is 25.1 Å². The first-order valence-corrected chi connectivity index (χ1v) is 12.0. The van der Waals surface area contributed by atoms with Crippen LogP contribution in [0.4, 0.5) is 0 Å². The second-order valence-electron chi connectivity index (χ2n) is 7.50. The summed E-state index contributed by atoms with van der Waals surface area (Å²) < 4.78 is 23.5. The maximum Gasteiger partial charge on any atom is 0.344 e. The first-order valence-electron chi connectivity index (χ1n) is 11.2. The zero-order chi connectivity index (χ0) is 25.4. The second kappa shape index (κ2) is 12.3. The van der Waals surface area contributed by atoms with Crippen molar-refractivity contribution in [2.75, 3.05) is 27.4 Å². The first kappa shape index (κ1) is 26.2. The van der Waals surface area contributed by atoms with Gasteiger partial charge >= 0.3 is 5.97 Å². The summed E-state index contributed by atoms with van der Waals surface area (Å²) in [5.41, 5.74) is 0.971. The van der Waals surface area contributed by atoms with E-state index in [1.165, 1.54) is 25.1 Å². The number of ether oxygens (including phenoxy) is 4. The van der Waals surface area contributed by atoms with Crippen molar-refractivity contribution in [2.45, 2.75) is 33.1 Å². The minimum Gasteiger partial charge on any atom is -0.493 e. The molecule has 0 N–H and O–H groups in total. The summed E-state index contributed by atoms with van der Waals surface area (Å²) >= 11 is 3.41. The fourth-order valence-electron chi connectivity index (χ4n) is 3.39. The molecule has 0 aliphatic rings. The normalized spacial score (nSPS) is 11.1. The zero-order valence-electron chi connectivity index (χ0n) is 20.2. The maximum atomic E-state index is 13.3. The van der Waals surface area contributed by atoms with Gasteiger partial charge in [0.2, 0.25) is 5.75 Å². The summed E-state index contributed by atoms with van der Waals surface area (Å²) in [5, 5.41) is 4.93. The van der Waals surface area contributed by atoms with Crippen LogP contribution in [0.1, 0.15) is 38.1 Å². The van der Waals surface area contributed by atoms with E-state index in [4.69, 9.17) is 18.9 Å². The molecule has 0 spiro atoms. The van der Waals surface area contributed by atoms with Crippen LogP contribution >= 0.6 is 15.9 Å². The molecule has 1 aromatic heterocycles. The predicted octanol–water partition coefficient (Wildman–Crippen LogP) is 4.34. The van der Waals surface area contributed by atoms with Crippen molar-refractivity contribution in [1.82, 2.24) is 9.66 Å². The molecule has 1 heterocycles. The van der Waals surface area contributed by atoms with Crippen molar-refractivity contribution in [3.63, 3.8) is 0 Å². The third-order valence-corrected chi connectivity index (χ3v) is 5.57. The molecule has 0 aliphatic heterocycles.